The van der Waals surface area contributed by atoms with Gasteiger partial charge in [-0.25, -0.2) is 0 Å². The number of aromatic nitrogens is 1. The van der Waals surface area contributed by atoms with Gasteiger partial charge in [-0.2, -0.15) is 0 Å². The lowest BCUT2D eigenvalue weighted by Crippen LogP contribution is -2.44. The molecular weight excluding hydrogens is 400 g/mol. The number of pyridine rings is 1. The van der Waals surface area contributed by atoms with Gasteiger partial charge in [0, 0.05) is 29.6 Å². The summed E-state index contributed by atoms with van der Waals surface area (Å²) in [6.07, 6.45) is 9.22. The average molecular weight is 439 g/mol. The van der Waals surface area contributed by atoms with Gasteiger partial charge in [0.2, 0.25) is 5.91 Å². The Morgan fingerprint density at radius 2 is 1.75 bits per heavy atom. The molecule has 2 aliphatic rings. The van der Waals surface area contributed by atoms with Gasteiger partial charge in [0.1, 0.15) is 5.75 Å². The van der Waals surface area contributed by atoms with Crippen molar-refractivity contribution < 1.29 is 9.53 Å². The molecule has 2 fully saturated rings. The molecule has 1 amide bonds. The highest BCUT2D eigenvalue weighted by Gasteiger charge is 2.32. The maximum atomic E-state index is 13.8. The van der Waals surface area contributed by atoms with Crippen molar-refractivity contribution in [1.82, 2.24) is 9.88 Å². The van der Waals surface area contributed by atoms with Crippen LogP contribution >= 0.6 is 0 Å². The Morgan fingerprint density at radius 3 is 2.38 bits per heavy atom. The first-order valence-electron chi connectivity index (χ1n) is 12.3. The topological polar surface area (TPSA) is 62.4 Å². The normalized spacial score (nSPS) is 17.9. The SMILES string of the molecule is COc1ccc2c(CC(=O)N(CC(C)(C)C)C3CCCC3)c(C3CCCC3)c(=O)[nH]c2c1. The zero-order valence-corrected chi connectivity index (χ0v) is 20.1. The number of H-pyrrole nitrogens is 1. The van der Waals surface area contributed by atoms with Crippen LogP contribution in [0.2, 0.25) is 0 Å². The maximum absolute atomic E-state index is 13.8. The lowest BCUT2D eigenvalue weighted by atomic mass is 9.89. The Kier molecular flexibility index (Phi) is 6.64. The summed E-state index contributed by atoms with van der Waals surface area (Å²) in [5.41, 5.74) is 2.53. The molecule has 2 aromatic rings. The maximum Gasteiger partial charge on any atom is 0.252 e. The number of rotatable bonds is 6. The van der Waals surface area contributed by atoms with Crippen molar-refractivity contribution in [3.05, 3.63) is 39.7 Å². The molecule has 0 spiro atoms. The van der Waals surface area contributed by atoms with Crippen molar-refractivity contribution in [2.24, 2.45) is 5.41 Å². The van der Waals surface area contributed by atoms with E-state index < -0.39 is 0 Å². The second kappa shape index (κ2) is 9.29. The first-order chi connectivity index (χ1) is 15.3. The molecule has 0 atom stereocenters. The third kappa shape index (κ3) is 4.87. The number of hydrogen-bond acceptors (Lipinski definition) is 3. The zero-order valence-electron chi connectivity index (χ0n) is 20.1. The summed E-state index contributed by atoms with van der Waals surface area (Å²) >= 11 is 0. The number of carbonyl (C=O) groups is 1. The molecule has 0 unspecified atom stereocenters. The van der Waals surface area contributed by atoms with Gasteiger partial charge in [-0.05, 0) is 54.7 Å². The highest BCUT2D eigenvalue weighted by Crippen LogP contribution is 2.37. The lowest BCUT2D eigenvalue weighted by Gasteiger charge is -2.35. The largest absolute Gasteiger partial charge is 0.497 e. The first-order valence-corrected chi connectivity index (χ1v) is 12.3. The number of benzene rings is 1. The third-order valence-electron chi connectivity index (χ3n) is 7.19. The minimum absolute atomic E-state index is 0.0378. The number of hydrogen-bond donors (Lipinski definition) is 1. The summed E-state index contributed by atoms with van der Waals surface area (Å²) in [5, 5.41) is 0.975. The number of nitrogens with zero attached hydrogens (tertiary/aromatic N) is 1. The van der Waals surface area contributed by atoms with Gasteiger partial charge in [0.15, 0.2) is 0 Å². The van der Waals surface area contributed by atoms with E-state index in [9.17, 15) is 9.59 Å². The van der Waals surface area contributed by atoms with Gasteiger partial charge in [0.05, 0.1) is 19.0 Å². The van der Waals surface area contributed by atoms with Gasteiger partial charge in [-0.3, -0.25) is 9.59 Å². The van der Waals surface area contributed by atoms with E-state index >= 15 is 0 Å². The molecular formula is C27H38N2O3. The molecule has 0 saturated heterocycles. The number of amides is 1. The predicted molar refractivity (Wildman–Crippen MR) is 129 cm³/mol. The number of ether oxygens (including phenoxy) is 1. The van der Waals surface area contributed by atoms with E-state index in [1.165, 1.54) is 12.8 Å². The van der Waals surface area contributed by atoms with Crippen molar-refractivity contribution >= 4 is 16.8 Å². The van der Waals surface area contributed by atoms with Crippen LogP contribution in [-0.2, 0) is 11.2 Å². The Labute approximate surface area is 191 Å². The highest BCUT2D eigenvalue weighted by molar-refractivity contribution is 5.90. The number of fused-ring (bicyclic) bond motifs is 1. The summed E-state index contributed by atoms with van der Waals surface area (Å²) in [6, 6.07) is 6.13. The van der Waals surface area contributed by atoms with Gasteiger partial charge in [-0.15, -0.1) is 0 Å². The van der Waals surface area contributed by atoms with E-state index in [1.54, 1.807) is 7.11 Å². The summed E-state index contributed by atoms with van der Waals surface area (Å²) in [5.74, 6) is 1.11. The predicted octanol–water partition coefficient (Wildman–Crippen LogP) is 5.55. The Bertz CT molecular complexity index is 1020. The van der Waals surface area contributed by atoms with Crippen LogP contribution in [0.1, 0.15) is 89.2 Å². The minimum atomic E-state index is -0.0382. The van der Waals surface area contributed by atoms with Gasteiger partial charge in [0.25, 0.3) is 5.56 Å². The van der Waals surface area contributed by atoms with Crippen LogP contribution in [-0.4, -0.2) is 35.5 Å². The molecule has 1 aromatic carbocycles. The highest BCUT2D eigenvalue weighted by atomic mass is 16.5. The van der Waals surface area contributed by atoms with E-state index in [-0.39, 0.29) is 22.8 Å². The van der Waals surface area contributed by atoms with E-state index in [1.807, 2.05) is 18.2 Å². The van der Waals surface area contributed by atoms with Crippen LogP contribution in [0.15, 0.2) is 23.0 Å². The molecule has 1 aromatic heterocycles. The lowest BCUT2D eigenvalue weighted by molar-refractivity contribution is -0.134. The molecule has 4 rings (SSSR count). The average Bonchev–Trinajstić information content (AvgIpc) is 3.45. The van der Waals surface area contributed by atoms with Crippen molar-refractivity contribution in [2.45, 2.75) is 90.5 Å². The van der Waals surface area contributed by atoms with Crippen molar-refractivity contribution in [1.29, 1.82) is 0 Å². The van der Waals surface area contributed by atoms with Crippen LogP contribution < -0.4 is 10.3 Å². The second-order valence-electron chi connectivity index (χ2n) is 10.9. The molecule has 0 aliphatic heterocycles. The molecule has 5 nitrogen and oxygen atoms in total. The monoisotopic (exact) mass is 438 g/mol. The van der Waals surface area contributed by atoms with E-state index in [0.29, 0.717) is 18.2 Å². The Balaban J connectivity index is 1.77. The van der Waals surface area contributed by atoms with Crippen molar-refractivity contribution in [3.8, 4) is 5.75 Å². The van der Waals surface area contributed by atoms with Crippen LogP contribution in [0.5, 0.6) is 5.75 Å². The summed E-state index contributed by atoms with van der Waals surface area (Å²) in [4.78, 5) is 32.3. The van der Waals surface area contributed by atoms with Crippen LogP contribution in [0.3, 0.4) is 0 Å². The Morgan fingerprint density at radius 1 is 1.09 bits per heavy atom. The fourth-order valence-corrected chi connectivity index (χ4v) is 5.73. The second-order valence-corrected chi connectivity index (χ2v) is 10.9. The molecule has 5 heteroatoms. The standard InChI is InChI=1S/C27H38N2O3/c1-27(2,3)17-29(19-11-7-8-12-19)24(30)16-22-21-14-13-20(32-4)15-23(21)28-26(31)25(22)18-9-5-6-10-18/h13-15,18-19H,5-12,16-17H2,1-4H3,(H,28,31). The van der Waals surface area contributed by atoms with Crippen LogP contribution in [0, 0.1) is 5.41 Å². The molecule has 32 heavy (non-hydrogen) atoms. The van der Waals surface area contributed by atoms with Crippen molar-refractivity contribution in [3.63, 3.8) is 0 Å². The molecule has 0 radical (unpaired) electrons. The van der Waals surface area contributed by atoms with Gasteiger partial charge in [-0.1, -0.05) is 46.5 Å². The molecule has 1 heterocycles. The third-order valence-corrected chi connectivity index (χ3v) is 7.19. The molecule has 2 saturated carbocycles. The smallest absolute Gasteiger partial charge is 0.252 e. The van der Waals surface area contributed by atoms with Crippen LogP contribution in [0.25, 0.3) is 10.9 Å². The molecule has 174 valence electrons. The number of methoxy groups -OCH3 is 1. The zero-order chi connectivity index (χ0) is 22.9. The molecule has 0 bridgehead atoms. The number of carbonyl (C=O) groups excluding carboxylic acids is 1. The van der Waals surface area contributed by atoms with Crippen LogP contribution in [0.4, 0.5) is 0 Å². The Hall–Kier alpha value is -2.30. The van der Waals surface area contributed by atoms with E-state index in [4.69, 9.17) is 4.74 Å². The fraction of sp³-hybridized carbons (Fsp3) is 0.630. The quantitative estimate of drug-likeness (QED) is 0.643. The van der Waals surface area contributed by atoms with E-state index in [2.05, 4.69) is 30.7 Å². The fourth-order valence-electron chi connectivity index (χ4n) is 5.73. The summed E-state index contributed by atoms with van der Waals surface area (Å²) in [7, 11) is 1.63. The number of aromatic amines is 1. The van der Waals surface area contributed by atoms with Crippen molar-refractivity contribution in [2.75, 3.05) is 13.7 Å². The minimum Gasteiger partial charge on any atom is -0.497 e. The van der Waals surface area contributed by atoms with E-state index in [0.717, 1.165) is 67.1 Å². The van der Waals surface area contributed by atoms with Gasteiger partial charge >= 0.3 is 0 Å². The molecule has 1 N–H and O–H groups in total. The number of nitrogens with one attached hydrogen (secondary N) is 1. The summed E-state index contributed by atoms with van der Waals surface area (Å²) < 4.78 is 5.38. The first kappa shape index (κ1) is 22.9. The van der Waals surface area contributed by atoms with Gasteiger partial charge < -0.3 is 14.6 Å². The summed E-state index contributed by atoms with van der Waals surface area (Å²) in [6.45, 7) is 7.34. The molecule has 2 aliphatic carbocycles.